The molecule has 0 aliphatic rings. The van der Waals surface area contributed by atoms with E-state index in [-0.39, 0.29) is 31.0 Å². The second-order valence-electron chi connectivity index (χ2n) is 2.14. The van der Waals surface area contributed by atoms with Crippen LogP contribution in [0.15, 0.2) is 18.6 Å². The third kappa shape index (κ3) is 3.71. The number of nitrogens with zero attached hydrogens (tertiary/aromatic N) is 2. The van der Waals surface area contributed by atoms with Crippen molar-refractivity contribution in [3.05, 3.63) is 24.3 Å². The Morgan fingerprint density at radius 3 is 2.92 bits per heavy atom. The molecule has 5 heteroatoms. The van der Waals surface area contributed by atoms with E-state index >= 15 is 0 Å². The number of carboxylic acids is 1. The summed E-state index contributed by atoms with van der Waals surface area (Å²) < 4.78 is 1.75. The first-order chi connectivity index (χ1) is 5.18. The van der Waals surface area contributed by atoms with Gasteiger partial charge >= 0.3 is 35.5 Å². The van der Waals surface area contributed by atoms with Crippen LogP contribution in [0.4, 0.5) is 0 Å². The molecule has 0 saturated heterocycles. The number of hydrogen-bond donors (Lipinski definition) is 1. The molecule has 0 bridgehead atoms. The van der Waals surface area contributed by atoms with Crippen molar-refractivity contribution < 1.29 is 40.9 Å². The van der Waals surface area contributed by atoms with Gasteiger partial charge in [-0.05, 0) is 6.08 Å². The van der Waals surface area contributed by atoms with Crippen LogP contribution in [-0.2, 0) is 11.8 Å². The zero-order chi connectivity index (χ0) is 8.27. The van der Waals surface area contributed by atoms with Crippen molar-refractivity contribution in [2.45, 2.75) is 0 Å². The van der Waals surface area contributed by atoms with Crippen molar-refractivity contribution in [2.75, 3.05) is 0 Å². The summed E-state index contributed by atoms with van der Waals surface area (Å²) in [5.41, 5.74) is 0.648. The maximum Gasteiger partial charge on any atom is 1.00 e. The Balaban J connectivity index is 0. The number of carboxylic acid groups (broad SMARTS) is 1. The standard InChI is InChI=1S/C7H8N2O2.Na.H/c1-9-4-6(8-5-9)2-3-7(10)11;;/h2-5H,1H3,(H,10,11);;/q;+1;-1. The van der Waals surface area contributed by atoms with E-state index in [1.807, 2.05) is 7.05 Å². The largest absolute Gasteiger partial charge is 1.00 e. The molecule has 0 spiro atoms. The van der Waals surface area contributed by atoms with E-state index in [0.29, 0.717) is 5.69 Å². The van der Waals surface area contributed by atoms with E-state index in [4.69, 9.17) is 5.11 Å². The van der Waals surface area contributed by atoms with Gasteiger partial charge in [-0.2, -0.15) is 0 Å². The first-order valence-electron chi connectivity index (χ1n) is 3.07. The van der Waals surface area contributed by atoms with Crippen molar-refractivity contribution in [2.24, 2.45) is 7.05 Å². The van der Waals surface area contributed by atoms with Crippen LogP contribution in [0.1, 0.15) is 7.12 Å². The van der Waals surface area contributed by atoms with E-state index < -0.39 is 5.97 Å². The van der Waals surface area contributed by atoms with Crippen LogP contribution in [0, 0.1) is 0 Å². The minimum atomic E-state index is -0.962. The van der Waals surface area contributed by atoms with Gasteiger partial charge < -0.3 is 11.1 Å². The fraction of sp³-hybridized carbons (Fsp3) is 0.143. The first kappa shape index (κ1) is 11.4. The van der Waals surface area contributed by atoms with Gasteiger partial charge in [0.1, 0.15) is 0 Å². The van der Waals surface area contributed by atoms with Crippen LogP contribution in [0.25, 0.3) is 6.08 Å². The number of rotatable bonds is 2. The third-order valence-corrected chi connectivity index (χ3v) is 1.12. The molecule has 0 unspecified atom stereocenters. The van der Waals surface area contributed by atoms with Crippen LogP contribution in [0.3, 0.4) is 0 Å². The summed E-state index contributed by atoms with van der Waals surface area (Å²) in [7, 11) is 1.82. The maximum absolute atomic E-state index is 10.1. The molecule has 0 atom stereocenters. The van der Waals surface area contributed by atoms with Gasteiger partial charge in [-0.25, -0.2) is 9.78 Å². The minimum Gasteiger partial charge on any atom is -1.00 e. The molecule has 1 N–H and O–H groups in total. The monoisotopic (exact) mass is 176 g/mol. The fourth-order valence-electron chi connectivity index (χ4n) is 0.676. The van der Waals surface area contributed by atoms with Crippen molar-refractivity contribution in [3.8, 4) is 0 Å². The number of carbonyl (C=O) groups is 1. The van der Waals surface area contributed by atoms with Crippen molar-refractivity contribution in [1.82, 2.24) is 9.55 Å². The molecule has 4 nitrogen and oxygen atoms in total. The summed E-state index contributed by atoms with van der Waals surface area (Å²) in [6.45, 7) is 0. The zero-order valence-electron chi connectivity index (χ0n) is 8.06. The molecule has 0 amide bonds. The Hall–Kier alpha value is -0.580. The van der Waals surface area contributed by atoms with Gasteiger partial charge in [0.15, 0.2) is 0 Å². The van der Waals surface area contributed by atoms with Crippen LogP contribution in [-0.4, -0.2) is 20.6 Å². The Morgan fingerprint density at radius 1 is 1.83 bits per heavy atom. The van der Waals surface area contributed by atoms with Crippen LogP contribution < -0.4 is 29.6 Å². The van der Waals surface area contributed by atoms with Gasteiger partial charge in [-0.15, -0.1) is 0 Å². The van der Waals surface area contributed by atoms with Gasteiger partial charge in [0.2, 0.25) is 0 Å². The maximum atomic E-state index is 10.1. The molecule has 1 aromatic heterocycles. The number of hydrogen-bond acceptors (Lipinski definition) is 2. The van der Waals surface area contributed by atoms with E-state index in [9.17, 15) is 4.79 Å². The molecule has 0 fully saturated rings. The summed E-state index contributed by atoms with van der Waals surface area (Å²) >= 11 is 0. The first-order valence-corrected chi connectivity index (χ1v) is 3.07. The van der Waals surface area contributed by atoms with Gasteiger partial charge in [0.05, 0.1) is 12.0 Å². The molecule has 60 valence electrons. The third-order valence-electron chi connectivity index (χ3n) is 1.12. The molecule has 0 aliphatic heterocycles. The Bertz CT molecular complexity index is 298. The Labute approximate surface area is 93.7 Å². The SMILES string of the molecule is Cn1cnc(C=CC(=O)O)c1.[H-].[Na+]. The molecule has 12 heavy (non-hydrogen) atoms. The molecule has 0 saturated carbocycles. The minimum absolute atomic E-state index is 0. The summed E-state index contributed by atoms with van der Waals surface area (Å²) in [5, 5.41) is 8.26. The molecule has 0 aromatic carbocycles. The summed E-state index contributed by atoms with van der Waals surface area (Å²) in [5.74, 6) is -0.962. The molecular formula is C7H9N2NaO2. The average Bonchev–Trinajstić information content (AvgIpc) is 2.31. The molecule has 1 aromatic rings. The summed E-state index contributed by atoms with van der Waals surface area (Å²) in [6, 6.07) is 0. The predicted molar refractivity (Wildman–Crippen MR) is 41.0 cm³/mol. The molecule has 0 radical (unpaired) electrons. The number of aromatic nitrogens is 2. The molecule has 0 aliphatic carbocycles. The van der Waals surface area contributed by atoms with Crippen LogP contribution >= 0.6 is 0 Å². The van der Waals surface area contributed by atoms with E-state index in [1.54, 1.807) is 17.1 Å². The normalized spacial score (nSPS) is 9.75. The fourth-order valence-corrected chi connectivity index (χ4v) is 0.676. The number of aryl methyl sites for hydroxylation is 1. The smallest absolute Gasteiger partial charge is 1.00 e. The Morgan fingerprint density at radius 2 is 2.50 bits per heavy atom. The van der Waals surface area contributed by atoms with E-state index in [1.165, 1.54) is 6.08 Å². The van der Waals surface area contributed by atoms with Crippen LogP contribution in [0.5, 0.6) is 0 Å². The van der Waals surface area contributed by atoms with E-state index in [0.717, 1.165) is 6.08 Å². The molecule has 1 heterocycles. The van der Waals surface area contributed by atoms with Crippen molar-refractivity contribution >= 4 is 12.0 Å². The van der Waals surface area contributed by atoms with Crippen LogP contribution in [0.2, 0.25) is 0 Å². The molecule has 1 rings (SSSR count). The van der Waals surface area contributed by atoms with Gasteiger partial charge in [-0.1, -0.05) is 0 Å². The van der Waals surface area contributed by atoms with Gasteiger partial charge in [0, 0.05) is 19.3 Å². The van der Waals surface area contributed by atoms with Gasteiger partial charge in [0.25, 0.3) is 0 Å². The van der Waals surface area contributed by atoms with E-state index in [2.05, 4.69) is 4.98 Å². The average molecular weight is 176 g/mol. The van der Waals surface area contributed by atoms with Gasteiger partial charge in [-0.3, -0.25) is 0 Å². The zero-order valence-corrected chi connectivity index (χ0v) is 9.06. The molecular weight excluding hydrogens is 167 g/mol. The van der Waals surface area contributed by atoms with Crippen molar-refractivity contribution in [1.29, 1.82) is 0 Å². The summed E-state index contributed by atoms with van der Waals surface area (Å²) in [6.07, 6.45) is 5.85. The second kappa shape index (κ2) is 5.13. The Kier molecular flexibility index (Phi) is 4.89. The quantitative estimate of drug-likeness (QED) is 0.405. The predicted octanol–water partition coefficient (Wildman–Crippen LogP) is -2.37. The number of aliphatic carboxylic acids is 1. The topological polar surface area (TPSA) is 55.1 Å². The second-order valence-corrected chi connectivity index (χ2v) is 2.14. The summed E-state index contributed by atoms with van der Waals surface area (Å²) in [4.78, 5) is 14.0. The number of imidazole rings is 1. The van der Waals surface area contributed by atoms with Crippen molar-refractivity contribution in [3.63, 3.8) is 0 Å².